The summed E-state index contributed by atoms with van der Waals surface area (Å²) in [6.07, 6.45) is 0. The lowest BCUT2D eigenvalue weighted by molar-refractivity contribution is 1.11. The molecule has 44 heavy (non-hydrogen) atoms. The second kappa shape index (κ2) is 9.82. The van der Waals surface area contributed by atoms with E-state index in [1.54, 1.807) is 0 Å². The molecule has 0 amide bonds. The Kier molecular flexibility index (Phi) is 5.50. The standard InChI is InChI=1S/C41H27N3/c1-3-13-28(14-4-1)30-17-11-19-32(25-30)43-38-23-9-7-21-34(38)36-27-37-35-22-8-10-24-39(35)44(41(37)42-40(36)43)33-20-12-18-31(26-33)29-15-5-2-6-16-29/h1-27H. The summed E-state index contributed by atoms with van der Waals surface area (Å²) in [4.78, 5) is 5.54. The van der Waals surface area contributed by atoms with Crippen molar-refractivity contribution in [2.75, 3.05) is 0 Å². The zero-order chi connectivity index (χ0) is 29.0. The van der Waals surface area contributed by atoms with Crippen LogP contribution in [-0.2, 0) is 0 Å². The van der Waals surface area contributed by atoms with Gasteiger partial charge in [0, 0.05) is 32.9 Å². The maximum atomic E-state index is 5.54. The van der Waals surface area contributed by atoms with Gasteiger partial charge in [0.15, 0.2) is 0 Å². The highest BCUT2D eigenvalue weighted by Gasteiger charge is 2.20. The number of hydrogen-bond donors (Lipinski definition) is 0. The molecular formula is C41H27N3. The fourth-order valence-corrected chi connectivity index (χ4v) is 6.69. The maximum absolute atomic E-state index is 5.54. The third kappa shape index (κ3) is 3.80. The van der Waals surface area contributed by atoms with E-state index >= 15 is 0 Å². The Labute approximate surface area is 254 Å². The van der Waals surface area contributed by atoms with Crippen molar-refractivity contribution in [3.8, 4) is 33.6 Å². The van der Waals surface area contributed by atoms with E-state index in [4.69, 9.17) is 4.98 Å². The van der Waals surface area contributed by atoms with Crippen molar-refractivity contribution in [2.24, 2.45) is 0 Å². The van der Waals surface area contributed by atoms with Gasteiger partial charge in [0.05, 0.1) is 11.0 Å². The molecule has 9 aromatic rings. The van der Waals surface area contributed by atoms with Gasteiger partial charge >= 0.3 is 0 Å². The van der Waals surface area contributed by atoms with Gasteiger partial charge in [-0.25, -0.2) is 4.98 Å². The van der Waals surface area contributed by atoms with Crippen LogP contribution in [-0.4, -0.2) is 14.1 Å². The molecule has 3 heterocycles. The van der Waals surface area contributed by atoms with Crippen LogP contribution in [0.5, 0.6) is 0 Å². The molecule has 0 radical (unpaired) electrons. The smallest absolute Gasteiger partial charge is 0.148 e. The second-order valence-corrected chi connectivity index (χ2v) is 11.3. The Morgan fingerprint density at radius 2 is 0.727 bits per heavy atom. The van der Waals surface area contributed by atoms with Crippen LogP contribution in [0.2, 0.25) is 0 Å². The number of hydrogen-bond acceptors (Lipinski definition) is 1. The number of benzene rings is 6. The first-order valence-electron chi connectivity index (χ1n) is 15.0. The minimum Gasteiger partial charge on any atom is -0.294 e. The van der Waals surface area contributed by atoms with E-state index in [0.717, 1.165) is 44.5 Å². The SMILES string of the molecule is c1ccc(-c2cccc(-n3c4ccccc4c4cc5c6ccccc6n(-c6cccc(-c7ccccc7)c6)c5nc43)c2)cc1. The molecule has 0 aliphatic heterocycles. The van der Waals surface area contributed by atoms with Crippen LogP contribution in [0.4, 0.5) is 0 Å². The van der Waals surface area contributed by atoms with Gasteiger partial charge < -0.3 is 0 Å². The number of nitrogens with zero attached hydrogens (tertiary/aromatic N) is 3. The Hall–Kier alpha value is -5.93. The molecule has 0 fully saturated rings. The first-order valence-corrected chi connectivity index (χ1v) is 15.0. The first kappa shape index (κ1) is 24.6. The summed E-state index contributed by atoms with van der Waals surface area (Å²) in [6, 6.07) is 58.3. The third-order valence-electron chi connectivity index (χ3n) is 8.70. The average molecular weight is 562 g/mol. The molecule has 0 N–H and O–H groups in total. The van der Waals surface area contributed by atoms with Crippen molar-refractivity contribution >= 4 is 43.9 Å². The summed E-state index contributed by atoms with van der Waals surface area (Å²) < 4.78 is 4.64. The highest BCUT2D eigenvalue weighted by molar-refractivity contribution is 6.16. The number of aromatic nitrogens is 3. The molecule has 0 spiro atoms. The van der Waals surface area contributed by atoms with Crippen LogP contribution in [0.15, 0.2) is 164 Å². The van der Waals surface area contributed by atoms with E-state index < -0.39 is 0 Å². The normalized spacial score (nSPS) is 11.6. The number of para-hydroxylation sites is 2. The Morgan fingerprint density at radius 1 is 0.318 bits per heavy atom. The van der Waals surface area contributed by atoms with Crippen LogP contribution in [0.1, 0.15) is 0 Å². The van der Waals surface area contributed by atoms with Crippen molar-refractivity contribution in [1.29, 1.82) is 0 Å². The molecule has 6 aromatic carbocycles. The van der Waals surface area contributed by atoms with E-state index in [1.165, 1.54) is 33.0 Å². The molecule has 0 aliphatic carbocycles. The predicted molar refractivity (Wildman–Crippen MR) is 184 cm³/mol. The summed E-state index contributed by atoms with van der Waals surface area (Å²) in [5.41, 5.74) is 11.1. The molecule has 0 saturated heterocycles. The van der Waals surface area contributed by atoms with Gasteiger partial charge in [0.2, 0.25) is 0 Å². The fourth-order valence-electron chi connectivity index (χ4n) is 6.69. The topological polar surface area (TPSA) is 22.8 Å². The fraction of sp³-hybridized carbons (Fsp3) is 0. The third-order valence-corrected chi connectivity index (χ3v) is 8.70. The minimum absolute atomic E-state index is 0.951. The van der Waals surface area contributed by atoms with Crippen molar-refractivity contribution in [3.63, 3.8) is 0 Å². The summed E-state index contributed by atoms with van der Waals surface area (Å²) in [5, 5.41) is 4.70. The zero-order valence-electron chi connectivity index (χ0n) is 23.9. The van der Waals surface area contributed by atoms with E-state index in [1.807, 2.05) is 0 Å². The van der Waals surface area contributed by atoms with E-state index in [2.05, 4.69) is 173 Å². The van der Waals surface area contributed by atoms with Crippen LogP contribution in [0.25, 0.3) is 77.5 Å². The summed E-state index contributed by atoms with van der Waals surface area (Å²) in [7, 11) is 0. The molecule has 0 aliphatic rings. The largest absolute Gasteiger partial charge is 0.294 e. The summed E-state index contributed by atoms with van der Waals surface area (Å²) >= 11 is 0. The van der Waals surface area contributed by atoms with Gasteiger partial charge in [-0.1, -0.05) is 121 Å². The highest BCUT2D eigenvalue weighted by atomic mass is 15.1. The van der Waals surface area contributed by atoms with E-state index in [-0.39, 0.29) is 0 Å². The van der Waals surface area contributed by atoms with Crippen molar-refractivity contribution in [1.82, 2.24) is 14.1 Å². The molecule has 206 valence electrons. The predicted octanol–water partition coefficient (Wildman–Crippen LogP) is 10.6. The molecule has 0 unspecified atom stereocenters. The summed E-state index contributed by atoms with van der Waals surface area (Å²) in [5.74, 6) is 0. The Morgan fingerprint density at radius 3 is 1.20 bits per heavy atom. The van der Waals surface area contributed by atoms with Crippen molar-refractivity contribution < 1.29 is 0 Å². The van der Waals surface area contributed by atoms with Crippen molar-refractivity contribution in [2.45, 2.75) is 0 Å². The second-order valence-electron chi connectivity index (χ2n) is 11.3. The lowest BCUT2D eigenvalue weighted by Gasteiger charge is -2.11. The van der Waals surface area contributed by atoms with Crippen molar-refractivity contribution in [3.05, 3.63) is 164 Å². The van der Waals surface area contributed by atoms with E-state index in [9.17, 15) is 0 Å². The molecule has 0 atom stereocenters. The lowest BCUT2D eigenvalue weighted by atomic mass is 10.1. The summed E-state index contributed by atoms with van der Waals surface area (Å²) in [6.45, 7) is 0. The maximum Gasteiger partial charge on any atom is 0.148 e. The minimum atomic E-state index is 0.951. The molecule has 9 rings (SSSR count). The molecule has 3 heteroatoms. The van der Waals surface area contributed by atoms with Gasteiger partial charge in [-0.05, 0) is 64.7 Å². The zero-order valence-corrected chi connectivity index (χ0v) is 23.9. The molecule has 3 aromatic heterocycles. The molecule has 0 saturated carbocycles. The van der Waals surface area contributed by atoms with Gasteiger partial charge in [-0.3, -0.25) is 9.13 Å². The monoisotopic (exact) mass is 561 g/mol. The number of pyridine rings is 1. The van der Waals surface area contributed by atoms with Crippen LogP contribution in [0, 0.1) is 0 Å². The lowest BCUT2D eigenvalue weighted by Crippen LogP contribution is -1.99. The quantitative estimate of drug-likeness (QED) is 0.210. The van der Waals surface area contributed by atoms with Crippen LogP contribution in [0.3, 0.4) is 0 Å². The van der Waals surface area contributed by atoms with Gasteiger partial charge in [-0.15, -0.1) is 0 Å². The van der Waals surface area contributed by atoms with Gasteiger partial charge in [-0.2, -0.15) is 0 Å². The Bertz CT molecular complexity index is 2310. The van der Waals surface area contributed by atoms with Crippen LogP contribution >= 0.6 is 0 Å². The number of rotatable bonds is 4. The van der Waals surface area contributed by atoms with E-state index in [0.29, 0.717) is 0 Å². The van der Waals surface area contributed by atoms with Gasteiger partial charge in [0.1, 0.15) is 11.3 Å². The number of fused-ring (bicyclic) bond motifs is 6. The van der Waals surface area contributed by atoms with Gasteiger partial charge in [0.25, 0.3) is 0 Å². The molecule has 0 bridgehead atoms. The highest BCUT2D eigenvalue weighted by Crippen LogP contribution is 2.38. The average Bonchev–Trinajstić information content (AvgIpc) is 3.60. The molecule has 3 nitrogen and oxygen atoms in total. The first-order chi connectivity index (χ1) is 21.8. The molecular weight excluding hydrogens is 534 g/mol. The van der Waals surface area contributed by atoms with Crippen LogP contribution < -0.4 is 0 Å². The Balaban J connectivity index is 1.35.